The van der Waals surface area contributed by atoms with E-state index in [1.807, 2.05) is 4.90 Å². The number of nitrogens with one attached hydrogen (secondary N) is 1. The Labute approximate surface area is 130 Å². The highest BCUT2D eigenvalue weighted by molar-refractivity contribution is 6.29. The van der Waals surface area contributed by atoms with Crippen molar-refractivity contribution in [2.75, 3.05) is 32.0 Å². The molecule has 1 amide bonds. The molecule has 0 bridgehead atoms. The van der Waals surface area contributed by atoms with Gasteiger partial charge in [-0.3, -0.25) is 9.69 Å². The Bertz CT molecular complexity index is 550. The maximum Gasteiger partial charge on any atom is 0.254 e. The van der Waals surface area contributed by atoms with Crippen LogP contribution in [0.15, 0.2) is 12.1 Å². The van der Waals surface area contributed by atoms with Gasteiger partial charge in [-0.1, -0.05) is 11.6 Å². The van der Waals surface area contributed by atoms with Crippen LogP contribution in [0.1, 0.15) is 30.1 Å². The highest BCUT2D eigenvalue weighted by Crippen LogP contribution is 2.26. The van der Waals surface area contributed by atoms with E-state index in [0.29, 0.717) is 22.6 Å². The van der Waals surface area contributed by atoms with Gasteiger partial charge in [0.15, 0.2) is 0 Å². The van der Waals surface area contributed by atoms with E-state index in [2.05, 4.69) is 22.1 Å². The number of amides is 1. The van der Waals surface area contributed by atoms with Gasteiger partial charge in [0.2, 0.25) is 0 Å². The van der Waals surface area contributed by atoms with Gasteiger partial charge in [0.05, 0.1) is 0 Å². The summed E-state index contributed by atoms with van der Waals surface area (Å²) in [5.74, 6) is 0.674. The Morgan fingerprint density at radius 1 is 1.43 bits per heavy atom. The number of aromatic nitrogens is 1. The molecular weight excluding hydrogens is 288 g/mol. The highest BCUT2D eigenvalue weighted by atomic mass is 35.5. The fourth-order valence-corrected chi connectivity index (χ4v) is 3.59. The number of hydrogen-bond donors (Lipinski definition) is 1. The van der Waals surface area contributed by atoms with Crippen LogP contribution in [0.3, 0.4) is 0 Å². The van der Waals surface area contributed by atoms with Crippen molar-refractivity contribution in [1.29, 1.82) is 0 Å². The summed E-state index contributed by atoms with van der Waals surface area (Å²) in [6, 6.07) is 4.17. The van der Waals surface area contributed by atoms with Gasteiger partial charge in [-0.25, -0.2) is 4.98 Å². The predicted molar refractivity (Wildman–Crippen MR) is 83.9 cm³/mol. The normalized spacial score (nSPS) is 25.8. The Balaban J connectivity index is 1.82. The van der Waals surface area contributed by atoms with Crippen LogP contribution in [0.5, 0.6) is 0 Å². The fraction of sp³-hybridized carbons (Fsp3) is 0.600. The minimum absolute atomic E-state index is 0.0508. The molecule has 2 aliphatic rings. The number of carbonyl (C=O) groups excluding carboxylic acids is 1. The summed E-state index contributed by atoms with van der Waals surface area (Å²) in [7, 11) is 1.77. The number of piperazine rings is 1. The summed E-state index contributed by atoms with van der Waals surface area (Å²) < 4.78 is 0. The van der Waals surface area contributed by atoms with Crippen molar-refractivity contribution in [2.45, 2.75) is 31.8 Å². The molecule has 2 aliphatic heterocycles. The van der Waals surface area contributed by atoms with E-state index in [-0.39, 0.29) is 11.9 Å². The van der Waals surface area contributed by atoms with Gasteiger partial charge in [0, 0.05) is 37.8 Å². The zero-order chi connectivity index (χ0) is 15.0. The van der Waals surface area contributed by atoms with Crippen LogP contribution in [0.2, 0.25) is 5.15 Å². The number of carbonyl (C=O) groups is 1. The quantitative estimate of drug-likeness (QED) is 0.850. The minimum atomic E-state index is 0.0508. The Kier molecular flexibility index (Phi) is 4.04. The van der Waals surface area contributed by atoms with E-state index in [1.165, 1.54) is 19.4 Å². The van der Waals surface area contributed by atoms with Crippen LogP contribution in [0.4, 0.5) is 5.82 Å². The summed E-state index contributed by atoms with van der Waals surface area (Å²) in [5, 5.41) is 3.28. The molecule has 0 aromatic carbocycles. The molecule has 2 atom stereocenters. The van der Waals surface area contributed by atoms with E-state index in [4.69, 9.17) is 11.6 Å². The van der Waals surface area contributed by atoms with Gasteiger partial charge in [-0.05, 0) is 38.4 Å². The molecule has 3 rings (SSSR count). The van der Waals surface area contributed by atoms with Crippen LogP contribution < -0.4 is 5.32 Å². The van der Waals surface area contributed by atoms with E-state index >= 15 is 0 Å². The summed E-state index contributed by atoms with van der Waals surface area (Å²) >= 11 is 6.01. The topological polar surface area (TPSA) is 48.5 Å². The zero-order valence-corrected chi connectivity index (χ0v) is 13.2. The molecule has 0 radical (unpaired) electrons. The van der Waals surface area contributed by atoms with E-state index in [9.17, 15) is 4.79 Å². The van der Waals surface area contributed by atoms with Gasteiger partial charge >= 0.3 is 0 Å². The van der Waals surface area contributed by atoms with Crippen LogP contribution >= 0.6 is 11.6 Å². The number of rotatable bonds is 2. The third-order valence-electron chi connectivity index (χ3n) is 4.50. The summed E-state index contributed by atoms with van der Waals surface area (Å²) in [5.41, 5.74) is 0.609. The minimum Gasteiger partial charge on any atom is -0.373 e. The van der Waals surface area contributed by atoms with Crippen molar-refractivity contribution < 1.29 is 4.79 Å². The first-order valence-electron chi connectivity index (χ1n) is 7.49. The lowest BCUT2D eigenvalue weighted by Crippen LogP contribution is -2.56. The van der Waals surface area contributed by atoms with Crippen molar-refractivity contribution in [3.8, 4) is 0 Å². The molecule has 0 spiro atoms. The molecule has 21 heavy (non-hydrogen) atoms. The number of hydrogen-bond acceptors (Lipinski definition) is 4. The second kappa shape index (κ2) is 5.81. The molecular formula is C15H21ClN4O. The third kappa shape index (κ3) is 2.85. The van der Waals surface area contributed by atoms with Crippen molar-refractivity contribution in [1.82, 2.24) is 14.8 Å². The summed E-state index contributed by atoms with van der Waals surface area (Å²) in [6.07, 6.45) is 2.43. The van der Waals surface area contributed by atoms with Crippen molar-refractivity contribution in [3.05, 3.63) is 22.8 Å². The molecule has 0 aliphatic carbocycles. The summed E-state index contributed by atoms with van der Waals surface area (Å²) in [4.78, 5) is 21.4. The lowest BCUT2D eigenvalue weighted by atomic mass is 10.1. The number of anilines is 1. The van der Waals surface area contributed by atoms with E-state index in [0.717, 1.165) is 13.1 Å². The summed E-state index contributed by atoms with van der Waals surface area (Å²) in [6.45, 7) is 5.07. The Hall–Kier alpha value is -1.33. The van der Waals surface area contributed by atoms with Gasteiger partial charge in [-0.2, -0.15) is 0 Å². The second-order valence-electron chi connectivity index (χ2n) is 5.91. The van der Waals surface area contributed by atoms with Crippen LogP contribution in [0.25, 0.3) is 0 Å². The third-order valence-corrected chi connectivity index (χ3v) is 4.69. The number of nitrogens with zero attached hydrogens (tertiary/aromatic N) is 3. The fourth-order valence-electron chi connectivity index (χ4n) is 3.38. The number of halogens is 1. The van der Waals surface area contributed by atoms with Crippen LogP contribution in [-0.2, 0) is 0 Å². The molecule has 6 heteroatoms. The smallest absolute Gasteiger partial charge is 0.254 e. The molecule has 0 saturated carbocycles. The first-order valence-corrected chi connectivity index (χ1v) is 7.86. The molecule has 5 nitrogen and oxygen atoms in total. The first kappa shape index (κ1) is 14.6. The average Bonchev–Trinajstić information content (AvgIpc) is 2.92. The SMILES string of the molecule is CNc1cc(C(=O)N2CC3CCCN3CC2C)cc(Cl)n1. The Morgan fingerprint density at radius 3 is 3.00 bits per heavy atom. The largest absolute Gasteiger partial charge is 0.373 e. The second-order valence-corrected chi connectivity index (χ2v) is 6.30. The standard InChI is InChI=1S/C15H21ClN4O/c1-10-8-19-5-3-4-12(19)9-20(10)15(21)11-6-13(16)18-14(7-11)17-2/h6-7,10,12H,3-5,8-9H2,1-2H3,(H,17,18). The van der Waals surface area contributed by atoms with E-state index < -0.39 is 0 Å². The van der Waals surface area contributed by atoms with Crippen molar-refractivity contribution >= 4 is 23.3 Å². The number of fused-ring (bicyclic) bond motifs is 1. The lowest BCUT2D eigenvalue weighted by molar-refractivity contribution is 0.0395. The zero-order valence-electron chi connectivity index (χ0n) is 12.5. The molecule has 2 saturated heterocycles. The molecule has 1 aromatic rings. The highest BCUT2D eigenvalue weighted by Gasteiger charge is 2.36. The van der Waals surface area contributed by atoms with Crippen molar-refractivity contribution in [2.24, 2.45) is 0 Å². The van der Waals surface area contributed by atoms with Gasteiger partial charge < -0.3 is 10.2 Å². The maximum absolute atomic E-state index is 12.8. The molecule has 2 unspecified atom stereocenters. The van der Waals surface area contributed by atoms with Crippen LogP contribution in [0, 0.1) is 0 Å². The van der Waals surface area contributed by atoms with Crippen molar-refractivity contribution in [3.63, 3.8) is 0 Å². The van der Waals surface area contributed by atoms with Gasteiger partial charge in [-0.15, -0.1) is 0 Å². The molecule has 2 fully saturated rings. The number of pyridine rings is 1. The Morgan fingerprint density at radius 2 is 2.24 bits per heavy atom. The van der Waals surface area contributed by atoms with Crippen LogP contribution in [-0.4, -0.2) is 59.5 Å². The average molecular weight is 309 g/mol. The molecule has 1 N–H and O–H groups in total. The maximum atomic E-state index is 12.8. The molecule has 1 aromatic heterocycles. The molecule has 114 valence electrons. The first-order chi connectivity index (χ1) is 10.1. The predicted octanol–water partition coefficient (Wildman–Crippen LogP) is 2.09. The lowest BCUT2D eigenvalue weighted by Gasteiger charge is -2.42. The van der Waals surface area contributed by atoms with Gasteiger partial charge in [0.1, 0.15) is 11.0 Å². The van der Waals surface area contributed by atoms with E-state index in [1.54, 1.807) is 19.2 Å². The van der Waals surface area contributed by atoms with Gasteiger partial charge in [0.25, 0.3) is 5.91 Å². The monoisotopic (exact) mass is 308 g/mol. The molecule has 3 heterocycles.